The average Bonchev–Trinajstić information content (AvgIpc) is 2.93. The smallest absolute Gasteiger partial charge is 0.255 e. The predicted octanol–water partition coefficient (Wildman–Crippen LogP) is 4.15. The van der Waals surface area contributed by atoms with Crippen LogP contribution in [0.25, 0.3) is 0 Å². The number of ether oxygens (including phenoxy) is 1. The molecular weight excluding hydrogens is 440 g/mol. The van der Waals surface area contributed by atoms with Crippen LogP contribution < -0.4 is 15.4 Å². The number of rotatable bonds is 6. The van der Waals surface area contributed by atoms with E-state index in [-0.39, 0.29) is 42.7 Å². The molecule has 0 radical (unpaired) electrons. The molecule has 6 nitrogen and oxygen atoms in total. The van der Waals surface area contributed by atoms with E-state index < -0.39 is 12.0 Å². The van der Waals surface area contributed by atoms with Crippen LogP contribution in [0.1, 0.15) is 73.7 Å². The predicted molar refractivity (Wildman–Crippen MR) is 124 cm³/mol. The largest absolute Gasteiger partial charge is 0.489 e. The fraction of sp³-hybridized carbons (Fsp3) is 0.615. The van der Waals surface area contributed by atoms with Gasteiger partial charge < -0.3 is 20.3 Å². The highest BCUT2D eigenvalue weighted by atomic mass is 19.3. The van der Waals surface area contributed by atoms with E-state index in [9.17, 15) is 18.4 Å². The Labute approximate surface area is 199 Å². The van der Waals surface area contributed by atoms with Crippen molar-refractivity contribution >= 4 is 11.8 Å². The maximum Gasteiger partial charge on any atom is 0.255 e. The highest BCUT2D eigenvalue weighted by Crippen LogP contribution is 2.42. The molecule has 3 fully saturated rings. The monoisotopic (exact) mass is 473 g/mol. The number of benzene rings is 1. The molecule has 3 atom stereocenters. The van der Waals surface area contributed by atoms with Crippen LogP contribution in [-0.2, 0) is 11.3 Å². The summed E-state index contributed by atoms with van der Waals surface area (Å²) < 4.78 is 32.8. The van der Waals surface area contributed by atoms with Crippen LogP contribution in [0.4, 0.5) is 8.78 Å². The first-order chi connectivity index (χ1) is 16.3. The Morgan fingerprint density at radius 2 is 1.94 bits per heavy atom. The standard InChI is InChI=1S/C26H33F2N3O3/c1-16-7-10-22(24(32)30-16)31-15-18-11-19(8-9-20(18)25(31)33)34-23-6-4-2-3-5-21(23)29-14-17-12-26(27,28)13-17/h8-9,11,17,21-23,29H,1-7,10,12-15H2,(H,30,32)/t21-,22?,23+/m0/s1. The van der Waals surface area contributed by atoms with Crippen molar-refractivity contribution in [3.05, 3.63) is 41.6 Å². The molecule has 1 saturated heterocycles. The Bertz CT molecular complexity index is 974. The zero-order valence-corrected chi connectivity index (χ0v) is 19.5. The van der Waals surface area contributed by atoms with E-state index in [0.717, 1.165) is 37.7 Å². The summed E-state index contributed by atoms with van der Waals surface area (Å²) in [5.41, 5.74) is 2.18. The number of carbonyl (C=O) groups excluding carboxylic acids is 2. The van der Waals surface area contributed by atoms with E-state index in [1.165, 1.54) is 0 Å². The molecule has 4 aliphatic rings. The third kappa shape index (κ3) is 4.83. The normalized spacial score (nSPS) is 29.3. The van der Waals surface area contributed by atoms with Gasteiger partial charge in [0, 0.05) is 36.7 Å². The number of fused-ring (bicyclic) bond motifs is 1. The summed E-state index contributed by atoms with van der Waals surface area (Å²) in [5, 5.41) is 6.28. The van der Waals surface area contributed by atoms with Gasteiger partial charge in [-0.3, -0.25) is 9.59 Å². The third-order valence-electron chi connectivity index (χ3n) is 7.69. The molecule has 8 heteroatoms. The fourth-order valence-corrected chi connectivity index (χ4v) is 5.77. The maximum absolute atomic E-state index is 13.2. The molecule has 0 bridgehead atoms. The lowest BCUT2D eigenvalue weighted by atomic mass is 9.81. The molecule has 1 aromatic carbocycles. The van der Waals surface area contributed by atoms with Gasteiger partial charge in [0.05, 0.1) is 0 Å². The van der Waals surface area contributed by atoms with Gasteiger partial charge in [-0.1, -0.05) is 19.4 Å². The van der Waals surface area contributed by atoms with E-state index >= 15 is 0 Å². The number of hydrogen-bond acceptors (Lipinski definition) is 4. The van der Waals surface area contributed by atoms with Crippen LogP contribution in [0, 0.1) is 5.92 Å². The zero-order valence-electron chi connectivity index (χ0n) is 19.5. The fourth-order valence-electron chi connectivity index (χ4n) is 5.77. The van der Waals surface area contributed by atoms with E-state index in [1.807, 2.05) is 12.1 Å². The highest BCUT2D eigenvalue weighted by Gasteiger charge is 2.45. The van der Waals surface area contributed by atoms with Gasteiger partial charge in [0.2, 0.25) is 11.8 Å². The van der Waals surface area contributed by atoms with Crippen molar-refractivity contribution in [3.63, 3.8) is 0 Å². The Kier molecular flexibility index (Phi) is 6.35. The van der Waals surface area contributed by atoms with Crippen molar-refractivity contribution < 1.29 is 23.1 Å². The lowest BCUT2D eigenvalue weighted by molar-refractivity contribution is -0.126. The molecule has 2 aliphatic heterocycles. The minimum Gasteiger partial charge on any atom is -0.489 e. The lowest BCUT2D eigenvalue weighted by Gasteiger charge is -2.37. The second-order valence-electron chi connectivity index (χ2n) is 10.3. The summed E-state index contributed by atoms with van der Waals surface area (Å²) >= 11 is 0. The SMILES string of the molecule is C=C1CCC(N2Cc3cc(O[C@@H]4CCCCC[C@@H]4NCC4CC(F)(F)C4)ccc3C2=O)C(=O)N1. The quantitative estimate of drug-likeness (QED) is 0.609. The van der Waals surface area contributed by atoms with Crippen LogP contribution in [-0.4, -0.2) is 47.4 Å². The Morgan fingerprint density at radius 3 is 2.71 bits per heavy atom. The lowest BCUT2D eigenvalue weighted by Crippen LogP contribution is -2.49. The van der Waals surface area contributed by atoms with Gasteiger partial charge in [0.1, 0.15) is 17.9 Å². The minimum absolute atomic E-state index is 0.0271. The van der Waals surface area contributed by atoms with Crippen LogP contribution >= 0.6 is 0 Å². The first-order valence-corrected chi connectivity index (χ1v) is 12.5. The first-order valence-electron chi connectivity index (χ1n) is 12.5. The molecule has 2 N–H and O–H groups in total. The van der Waals surface area contributed by atoms with Crippen molar-refractivity contribution in [1.29, 1.82) is 0 Å². The molecule has 34 heavy (non-hydrogen) atoms. The molecule has 2 saturated carbocycles. The zero-order chi connectivity index (χ0) is 23.9. The summed E-state index contributed by atoms with van der Waals surface area (Å²) in [6, 6.07) is 5.19. The highest BCUT2D eigenvalue weighted by molar-refractivity contribution is 6.01. The summed E-state index contributed by atoms with van der Waals surface area (Å²) in [5.74, 6) is -2.05. The number of halogens is 2. The molecule has 5 rings (SSSR count). The molecule has 1 unspecified atom stereocenters. The average molecular weight is 474 g/mol. The van der Waals surface area contributed by atoms with Gasteiger partial charge in [-0.2, -0.15) is 0 Å². The maximum atomic E-state index is 13.2. The molecule has 2 aliphatic carbocycles. The number of hydrogen-bond donors (Lipinski definition) is 2. The Morgan fingerprint density at radius 1 is 1.15 bits per heavy atom. The van der Waals surface area contributed by atoms with Crippen LogP contribution in [0.3, 0.4) is 0 Å². The third-order valence-corrected chi connectivity index (χ3v) is 7.69. The summed E-state index contributed by atoms with van der Waals surface area (Å²) in [7, 11) is 0. The van der Waals surface area contributed by atoms with Gasteiger partial charge in [-0.15, -0.1) is 0 Å². The number of nitrogens with zero attached hydrogens (tertiary/aromatic N) is 1. The summed E-state index contributed by atoms with van der Waals surface area (Å²) in [4.78, 5) is 27.0. The van der Waals surface area contributed by atoms with E-state index in [0.29, 0.717) is 42.9 Å². The van der Waals surface area contributed by atoms with Crippen LogP contribution in [0.15, 0.2) is 30.5 Å². The van der Waals surface area contributed by atoms with E-state index in [2.05, 4.69) is 17.2 Å². The molecule has 184 valence electrons. The molecule has 1 aromatic rings. The Hall–Kier alpha value is -2.48. The van der Waals surface area contributed by atoms with Gasteiger partial charge in [-0.25, -0.2) is 8.78 Å². The second-order valence-corrected chi connectivity index (χ2v) is 10.3. The van der Waals surface area contributed by atoms with Gasteiger partial charge in [0.15, 0.2) is 0 Å². The number of nitrogens with one attached hydrogen (secondary N) is 2. The molecular formula is C26H33F2N3O3. The van der Waals surface area contributed by atoms with Gasteiger partial charge >= 0.3 is 0 Å². The van der Waals surface area contributed by atoms with E-state index in [1.54, 1.807) is 11.0 Å². The van der Waals surface area contributed by atoms with Crippen LogP contribution in [0.2, 0.25) is 0 Å². The van der Waals surface area contributed by atoms with Gasteiger partial charge in [-0.05, 0) is 68.3 Å². The molecule has 2 amide bonds. The van der Waals surface area contributed by atoms with E-state index in [4.69, 9.17) is 4.74 Å². The number of allylic oxidation sites excluding steroid dienone is 1. The van der Waals surface area contributed by atoms with Crippen molar-refractivity contribution in [3.8, 4) is 5.75 Å². The topological polar surface area (TPSA) is 70.7 Å². The number of alkyl halides is 2. The van der Waals surface area contributed by atoms with Crippen molar-refractivity contribution in [2.24, 2.45) is 5.92 Å². The number of carbonyl (C=O) groups is 2. The van der Waals surface area contributed by atoms with Gasteiger partial charge in [0.25, 0.3) is 5.91 Å². The second kappa shape index (κ2) is 9.29. The van der Waals surface area contributed by atoms with Crippen LogP contribution in [0.5, 0.6) is 5.75 Å². The van der Waals surface area contributed by atoms with Crippen molar-refractivity contribution in [1.82, 2.24) is 15.5 Å². The van der Waals surface area contributed by atoms with Crippen molar-refractivity contribution in [2.45, 2.75) is 88.4 Å². The Balaban J connectivity index is 1.24. The summed E-state index contributed by atoms with van der Waals surface area (Å²) in [6.45, 7) is 4.80. The molecule has 0 aromatic heterocycles. The minimum atomic E-state index is -2.49. The first kappa shape index (κ1) is 23.3. The molecule has 2 heterocycles. The molecule has 0 spiro atoms. The van der Waals surface area contributed by atoms with Crippen molar-refractivity contribution in [2.75, 3.05) is 6.54 Å². The summed E-state index contributed by atoms with van der Waals surface area (Å²) in [6.07, 6.45) is 6.34. The number of piperidine rings is 1. The number of amides is 2.